The average Bonchev–Trinajstić information content (AvgIpc) is 2.49. The van der Waals surface area contributed by atoms with Crippen molar-refractivity contribution in [3.05, 3.63) is 59.7 Å². The van der Waals surface area contributed by atoms with Gasteiger partial charge in [-0.3, -0.25) is 0 Å². The summed E-state index contributed by atoms with van der Waals surface area (Å²) in [6, 6.07) is 16.4. The molecule has 106 valence electrons. The topological polar surface area (TPSA) is 35.2 Å². The lowest BCUT2D eigenvalue weighted by Crippen LogP contribution is -2.03. The monoisotopic (exact) mass is 269 g/mol. The Balaban J connectivity index is 2.14. The first-order chi connectivity index (χ1) is 9.74. The molecule has 0 aliphatic heterocycles. The zero-order chi connectivity index (χ0) is 14.4. The summed E-state index contributed by atoms with van der Waals surface area (Å²) < 4.78 is 5.97. The maximum atomic E-state index is 5.97. The molecule has 0 fully saturated rings. The Bertz CT molecular complexity index is 533. The molecule has 0 aromatic heterocycles. The Morgan fingerprint density at radius 3 is 2.40 bits per heavy atom. The van der Waals surface area contributed by atoms with Gasteiger partial charge in [-0.15, -0.1) is 0 Å². The number of hydrogen-bond donors (Lipinski definition) is 1. The second-order valence-corrected chi connectivity index (χ2v) is 5.13. The molecule has 0 aliphatic rings. The van der Waals surface area contributed by atoms with Crippen molar-refractivity contribution >= 4 is 0 Å². The Labute approximate surface area is 121 Å². The molecule has 2 aromatic rings. The minimum Gasteiger partial charge on any atom is -0.457 e. The van der Waals surface area contributed by atoms with Crippen molar-refractivity contribution in [1.29, 1.82) is 0 Å². The van der Waals surface area contributed by atoms with Gasteiger partial charge in [0.2, 0.25) is 0 Å². The van der Waals surface area contributed by atoms with E-state index in [9.17, 15) is 0 Å². The lowest BCUT2D eigenvalue weighted by molar-refractivity contribution is 0.476. The van der Waals surface area contributed by atoms with Gasteiger partial charge >= 0.3 is 0 Å². The average molecular weight is 269 g/mol. The molecule has 2 rings (SSSR count). The van der Waals surface area contributed by atoms with Crippen molar-refractivity contribution in [3.8, 4) is 11.5 Å². The van der Waals surface area contributed by atoms with Crippen LogP contribution in [-0.4, -0.2) is 6.54 Å². The van der Waals surface area contributed by atoms with Gasteiger partial charge in [-0.1, -0.05) is 44.2 Å². The summed E-state index contributed by atoms with van der Waals surface area (Å²) in [6.07, 6.45) is 1.99. The molecule has 0 saturated carbocycles. The summed E-state index contributed by atoms with van der Waals surface area (Å²) in [5.41, 5.74) is 8.15. The van der Waals surface area contributed by atoms with Crippen LogP contribution < -0.4 is 10.5 Å². The third-order valence-corrected chi connectivity index (χ3v) is 3.68. The zero-order valence-corrected chi connectivity index (χ0v) is 12.3. The molecule has 0 aliphatic carbocycles. The van der Waals surface area contributed by atoms with Gasteiger partial charge in [-0.2, -0.15) is 0 Å². The fourth-order valence-corrected chi connectivity index (χ4v) is 2.19. The fourth-order valence-electron chi connectivity index (χ4n) is 2.19. The van der Waals surface area contributed by atoms with Crippen molar-refractivity contribution in [2.24, 2.45) is 5.73 Å². The van der Waals surface area contributed by atoms with Crippen LogP contribution in [0.25, 0.3) is 0 Å². The van der Waals surface area contributed by atoms with Gasteiger partial charge in [-0.05, 0) is 54.6 Å². The van der Waals surface area contributed by atoms with E-state index in [1.54, 1.807) is 0 Å². The summed E-state index contributed by atoms with van der Waals surface area (Å²) in [5.74, 6) is 2.37. The summed E-state index contributed by atoms with van der Waals surface area (Å²) in [5, 5.41) is 0. The molecule has 0 spiro atoms. The molecule has 0 bridgehead atoms. The van der Waals surface area contributed by atoms with Crippen LogP contribution in [-0.2, 0) is 6.42 Å². The highest BCUT2D eigenvalue weighted by atomic mass is 16.5. The molecule has 2 heteroatoms. The lowest BCUT2D eigenvalue weighted by atomic mass is 9.99. The first-order valence-corrected chi connectivity index (χ1v) is 7.30. The second kappa shape index (κ2) is 7.11. The molecule has 0 radical (unpaired) electrons. The highest BCUT2D eigenvalue weighted by Crippen LogP contribution is 2.27. The van der Waals surface area contributed by atoms with E-state index in [1.807, 2.05) is 30.3 Å². The van der Waals surface area contributed by atoms with E-state index in [1.165, 1.54) is 5.56 Å². The molecule has 0 heterocycles. The third-order valence-electron chi connectivity index (χ3n) is 3.68. The SMILES string of the molecule is CCC(C)c1ccc(Oc2ccccc2CCN)cc1. The van der Waals surface area contributed by atoms with Crippen molar-refractivity contribution < 1.29 is 4.74 Å². The molecule has 1 atom stereocenters. The van der Waals surface area contributed by atoms with Crippen LogP contribution >= 0.6 is 0 Å². The number of nitrogens with two attached hydrogens (primary N) is 1. The first kappa shape index (κ1) is 14.6. The van der Waals surface area contributed by atoms with E-state index in [0.29, 0.717) is 12.5 Å². The molecular formula is C18H23NO. The normalized spacial score (nSPS) is 12.2. The van der Waals surface area contributed by atoms with E-state index in [4.69, 9.17) is 10.5 Å². The van der Waals surface area contributed by atoms with Crippen molar-refractivity contribution in [1.82, 2.24) is 0 Å². The minimum absolute atomic E-state index is 0.591. The molecular weight excluding hydrogens is 246 g/mol. The quantitative estimate of drug-likeness (QED) is 0.838. The smallest absolute Gasteiger partial charge is 0.130 e. The van der Waals surface area contributed by atoms with Crippen molar-refractivity contribution in [2.75, 3.05) is 6.54 Å². The summed E-state index contributed by atoms with van der Waals surface area (Å²) in [4.78, 5) is 0. The maximum absolute atomic E-state index is 5.97. The Morgan fingerprint density at radius 1 is 1.05 bits per heavy atom. The molecule has 2 aromatic carbocycles. The van der Waals surface area contributed by atoms with E-state index in [2.05, 4.69) is 32.0 Å². The van der Waals surface area contributed by atoms with Crippen LogP contribution in [0.2, 0.25) is 0 Å². The van der Waals surface area contributed by atoms with Crippen LogP contribution in [0.4, 0.5) is 0 Å². The van der Waals surface area contributed by atoms with Gasteiger partial charge in [0, 0.05) is 0 Å². The van der Waals surface area contributed by atoms with E-state index >= 15 is 0 Å². The van der Waals surface area contributed by atoms with Crippen LogP contribution in [0.3, 0.4) is 0 Å². The number of hydrogen-bond acceptors (Lipinski definition) is 2. The van der Waals surface area contributed by atoms with Gasteiger partial charge in [0.25, 0.3) is 0 Å². The summed E-state index contributed by atoms with van der Waals surface area (Å²) >= 11 is 0. The Hall–Kier alpha value is -1.80. The van der Waals surface area contributed by atoms with E-state index in [0.717, 1.165) is 29.9 Å². The lowest BCUT2D eigenvalue weighted by Gasteiger charge is -2.12. The molecule has 0 saturated heterocycles. The van der Waals surface area contributed by atoms with Gasteiger partial charge in [-0.25, -0.2) is 0 Å². The zero-order valence-electron chi connectivity index (χ0n) is 12.3. The predicted octanol–water partition coefficient (Wildman–Crippen LogP) is 4.49. The van der Waals surface area contributed by atoms with Crippen LogP contribution in [0.1, 0.15) is 37.3 Å². The van der Waals surface area contributed by atoms with Crippen LogP contribution in [0.5, 0.6) is 11.5 Å². The van der Waals surface area contributed by atoms with Gasteiger partial charge in [0.05, 0.1) is 0 Å². The molecule has 2 nitrogen and oxygen atoms in total. The van der Waals surface area contributed by atoms with Gasteiger partial charge in [0.1, 0.15) is 11.5 Å². The Kier molecular flexibility index (Phi) is 5.19. The molecule has 0 amide bonds. The van der Waals surface area contributed by atoms with Gasteiger partial charge in [0.15, 0.2) is 0 Å². The molecule has 20 heavy (non-hydrogen) atoms. The first-order valence-electron chi connectivity index (χ1n) is 7.30. The predicted molar refractivity (Wildman–Crippen MR) is 84.4 cm³/mol. The van der Waals surface area contributed by atoms with Crippen LogP contribution in [0.15, 0.2) is 48.5 Å². The van der Waals surface area contributed by atoms with Crippen molar-refractivity contribution in [3.63, 3.8) is 0 Å². The maximum Gasteiger partial charge on any atom is 0.130 e. The Morgan fingerprint density at radius 2 is 1.75 bits per heavy atom. The largest absolute Gasteiger partial charge is 0.457 e. The number of rotatable bonds is 6. The third kappa shape index (κ3) is 3.61. The standard InChI is InChI=1S/C18H23NO/c1-3-14(2)15-8-10-17(11-9-15)20-18-7-5-4-6-16(18)12-13-19/h4-11,14H,3,12-13,19H2,1-2H3. The van der Waals surface area contributed by atoms with Crippen molar-refractivity contribution in [2.45, 2.75) is 32.6 Å². The second-order valence-electron chi connectivity index (χ2n) is 5.13. The minimum atomic E-state index is 0.591. The summed E-state index contributed by atoms with van der Waals surface area (Å²) in [6.45, 7) is 5.08. The van der Waals surface area contributed by atoms with Gasteiger partial charge < -0.3 is 10.5 Å². The number of ether oxygens (including phenoxy) is 1. The fraction of sp³-hybridized carbons (Fsp3) is 0.333. The number of benzene rings is 2. The number of para-hydroxylation sites is 1. The summed E-state index contributed by atoms with van der Waals surface area (Å²) in [7, 11) is 0. The highest BCUT2D eigenvalue weighted by molar-refractivity contribution is 5.39. The molecule has 2 N–H and O–H groups in total. The molecule has 1 unspecified atom stereocenters. The van der Waals surface area contributed by atoms with E-state index in [-0.39, 0.29) is 0 Å². The van der Waals surface area contributed by atoms with E-state index < -0.39 is 0 Å². The highest BCUT2D eigenvalue weighted by Gasteiger charge is 2.05. The van der Waals surface area contributed by atoms with Crippen LogP contribution in [0, 0.1) is 0 Å².